The Bertz CT molecular complexity index is 614. The third kappa shape index (κ3) is 4.02. The van der Waals surface area contributed by atoms with Gasteiger partial charge in [0.05, 0.1) is 0 Å². The number of benzene rings is 2. The van der Waals surface area contributed by atoms with Crippen LogP contribution in [0.4, 0.5) is 21.0 Å². The van der Waals surface area contributed by atoms with Crippen LogP contribution in [0.25, 0.3) is 0 Å². The largest absolute Gasteiger partial charge is 0.465 e. The summed E-state index contributed by atoms with van der Waals surface area (Å²) >= 11 is 0. The quantitative estimate of drug-likeness (QED) is 0.799. The molecule has 0 bridgehead atoms. The Labute approximate surface area is 115 Å². The number of ether oxygens (including phenoxy) is 1. The number of hydrogen-bond donors (Lipinski definition) is 3. The van der Waals surface area contributed by atoms with Crippen LogP contribution in [0.15, 0.2) is 54.6 Å². The third-order valence-corrected chi connectivity index (χ3v) is 2.32. The first-order chi connectivity index (χ1) is 9.63. The highest BCUT2D eigenvalue weighted by atomic mass is 16.6. The smallest absolute Gasteiger partial charge is 0.417 e. The summed E-state index contributed by atoms with van der Waals surface area (Å²) in [5.41, 5.74) is 0.930. The van der Waals surface area contributed by atoms with Gasteiger partial charge in [-0.3, -0.25) is 10.6 Å². The molecule has 0 unspecified atom stereocenters. The van der Waals surface area contributed by atoms with Crippen molar-refractivity contribution in [3.05, 3.63) is 54.6 Å². The average Bonchev–Trinajstić information content (AvgIpc) is 2.39. The van der Waals surface area contributed by atoms with Gasteiger partial charge in [-0.05, 0) is 24.3 Å². The standard InChI is InChI=1S/C14H12N2O4/c17-13(18)15-11-7-4-8-12(9-11)20-14(19)16-10-5-2-1-3-6-10/h1-9,15H,(H,16,19)(H,17,18). The average molecular weight is 272 g/mol. The van der Waals surface area contributed by atoms with E-state index >= 15 is 0 Å². The lowest BCUT2D eigenvalue weighted by Gasteiger charge is -2.07. The van der Waals surface area contributed by atoms with Gasteiger partial charge in [0.25, 0.3) is 0 Å². The minimum atomic E-state index is -1.18. The maximum atomic E-state index is 11.6. The summed E-state index contributed by atoms with van der Waals surface area (Å²) in [5, 5.41) is 13.3. The van der Waals surface area contributed by atoms with E-state index in [1.54, 1.807) is 42.5 Å². The van der Waals surface area contributed by atoms with Crippen LogP contribution in [-0.2, 0) is 0 Å². The van der Waals surface area contributed by atoms with Crippen LogP contribution in [0, 0.1) is 0 Å². The molecule has 6 nitrogen and oxygen atoms in total. The van der Waals surface area contributed by atoms with Gasteiger partial charge in [0.1, 0.15) is 5.75 Å². The van der Waals surface area contributed by atoms with Gasteiger partial charge in [0.15, 0.2) is 0 Å². The molecule has 0 saturated heterocycles. The van der Waals surface area contributed by atoms with Crippen LogP contribution >= 0.6 is 0 Å². The molecule has 0 atom stereocenters. The van der Waals surface area contributed by atoms with Gasteiger partial charge in [0.2, 0.25) is 0 Å². The second kappa shape index (κ2) is 6.24. The topological polar surface area (TPSA) is 87.7 Å². The Morgan fingerprint density at radius 1 is 0.900 bits per heavy atom. The molecule has 102 valence electrons. The minimum absolute atomic E-state index is 0.240. The summed E-state index contributed by atoms with van der Waals surface area (Å²) in [4.78, 5) is 22.2. The van der Waals surface area contributed by atoms with E-state index in [1.165, 1.54) is 6.07 Å². The Morgan fingerprint density at radius 2 is 1.60 bits per heavy atom. The maximum Gasteiger partial charge on any atom is 0.417 e. The summed E-state index contributed by atoms with van der Waals surface area (Å²) in [6, 6.07) is 15.0. The lowest BCUT2D eigenvalue weighted by molar-refractivity contribution is 0.209. The zero-order valence-electron chi connectivity index (χ0n) is 10.4. The molecule has 0 fully saturated rings. The number of amides is 2. The number of carbonyl (C=O) groups is 2. The minimum Gasteiger partial charge on any atom is -0.465 e. The van der Waals surface area contributed by atoms with Gasteiger partial charge >= 0.3 is 12.2 Å². The van der Waals surface area contributed by atoms with Gasteiger partial charge < -0.3 is 9.84 Å². The predicted molar refractivity (Wildman–Crippen MR) is 74.2 cm³/mol. The van der Waals surface area contributed by atoms with E-state index in [2.05, 4.69) is 10.6 Å². The lowest BCUT2D eigenvalue weighted by Crippen LogP contribution is -2.16. The van der Waals surface area contributed by atoms with E-state index in [0.29, 0.717) is 11.4 Å². The first-order valence-corrected chi connectivity index (χ1v) is 5.77. The second-order valence-electron chi connectivity index (χ2n) is 3.84. The summed E-state index contributed by atoms with van der Waals surface area (Å²) < 4.78 is 5.06. The van der Waals surface area contributed by atoms with E-state index in [9.17, 15) is 9.59 Å². The molecule has 0 saturated carbocycles. The summed E-state index contributed by atoms with van der Waals surface area (Å²) in [7, 11) is 0. The van der Waals surface area contributed by atoms with Crippen molar-refractivity contribution in [3.8, 4) is 5.75 Å². The maximum absolute atomic E-state index is 11.6. The molecule has 0 aliphatic rings. The van der Waals surface area contributed by atoms with Crippen molar-refractivity contribution in [2.24, 2.45) is 0 Å². The Balaban J connectivity index is 1.99. The first-order valence-electron chi connectivity index (χ1n) is 5.77. The third-order valence-electron chi connectivity index (χ3n) is 2.32. The highest BCUT2D eigenvalue weighted by Crippen LogP contribution is 2.18. The summed E-state index contributed by atoms with van der Waals surface area (Å²) in [6.45, 7) is 0. The highest BCUT2D eigenvalue weighted by molar-refractivity contribution is 5.87. The Kier molecular flexibility index (Phi) is 4.18. The van der Waals surface area contributed by atoms with Gasteiger partial charge in [-0.2, -0.15) is 0 Å². The normalized spacial score (nSPS) is 9.60. The molecule has 0 aliphatic carbocycles. The van der Waals surface area contributed by atoms with Crippen molar-refractivity contribution in [2.45, 2.75) is 0 Å². The molecule has 0 radical (unpaired) electrons. The fourth-order valence-corrected chi connectivity index (χ4v) is 1.53. The van der Waals surface area contributed by atoms with E-state index in [-0.39, 0.29) is 5.75 Å². The predicted octanol–water partition coefficient (Wildman–Crippen LogP) is 3.39. The van der Waals surface area contributed by atoms with Crippen LogP contribution < -0.4 is 15.4 Å². The number of rotatable bonds is 3. The van der Waals surface area contributed by atoms with Gasteiger partial charge in [-0.15, -0.1) is 0 Å². The first kappa shape index (κ1) is 13.4. The molecular weight excluding hydrogens is 260 g/mol. The van der Waals surface area contributed by atoms with E-state index < -0.39 is 12.2 Å². The highest BCUT2D eigenvalue weighted by Gasteiger charge is 2.06. The Morgan fingerprint density at radius 3 is 2.30 bits per heavy atom. The van der Waals surface area contributed by atoms with E-state index in [1.807, 2.05) is 6.07 Å². The number of hydrogen-bond acceptors (Lipinski definition) is 3. The molecule has 2 aromatic carbocycles. The monoisotopic (exact) mass is 272 g/mol. The summed E-state index contributed by atoms with van der Waals surface area (Å²) in [6.07, 6.45) is -1.83. The number of para-hydroxylation sites is 1. The summed E-state index contributed by atoms with van der Waals surface area (Å²) in [5.74, 6) is 0.240. The van der Waals surface area contributed by atoms with E-state index in [4.69, 9.17) is 9.84 Å². The second-order valence-corrected chi connectivity index (χ2v) is 3.84. The van der Waals surface area contributed by atoms with Gasteiger partial charge in [0, 0.05) is 17.4 Å². The van der Waals surface area contributed by atoms with Crippen LogP contribution in [-0.4, -0.2) is 17.3 Å². The van der Waals surface area contributed by atoms with E-state index in [0.717, 1.165) is 0 Å². The molecule has 0 heterocycles. The molecule has 20 heavy (non-hydrogen) atoms. The van der Waals surface area contributed by atoms with Gasteiger partial charge in [-0.25, -0.2) is 9.59 Å². The van der Waals surface area contributed by atoms with Crippen molar-refractivity contribution < 1.29 is 19.4 Å². The molecule has 0 aromatic heterocycles. The SMILES string of the molecule is O=C(O)Nc1cccc(OC(=O)Nc2ccccc2)c1. The van der Waals surface area contributed by atoms with Crippen molar-refractivity contribution in [1.29, 1.82) is 0 Å². The van der Waals surface area contributed by atoms with Crippen LogP contribution in [0.5, 0.6) is 5.75 Å². The van der Waals surface area contributed by atoms with Crippen molar-refractivity contribution in [1.82, 2.24) is 0 Å². The number of carbonyl (C=O) groups excluding carboxylic acids is 1. The fourth-order valence-electron chi connectivity index (χ4n) is 1.53. The molecule has 0 aliphatic heterocycles. The molecule has 2 aromatic rings. The van der Waals surface area contributed by atoms with Crippen LogP contribution in [0.3, 0.4) is 0 Å². The molecule has 6 heteroatoms. The molecule has 2 amide bonds. The van der Waals surface area contributed by atoms with Crippen molar-refractivity contribution in [2.75, 3.05) is 10.6 Å². The molecule has 3 N–H and O–H groups in total. The number of carboxylic acid groups (broad SMARTS) is 1. The number of anilines is 2. The Hall–Kier alpha value is -3.02. The van der Waals surface area contributed by atoms with Crippen molar-refractivity contribution >= 4 is 23.6 Å². The van der Waals surface area contributed by atoms with Crippen molar-refractivity contribution in [3.63, 3.8) is 0 Å². The van der Waals surface area contributed by atoms with Crippen LogP contribution in [0.2, 0.25) is 0 Å². The molecule has 0 spiro atoms. The zero-order chi connectivity index (χ0) is 14.4. The number of nitrogens with one attached hydrogen (secondary N) is 2. The van der Waals surface area contributed by atoms with Crippen LogP contribution in [0.1, 0.15) is 0 Å². The lowest BCUT2D eigenvalue weighted by atomic mass is 10.3. The zero-order valence-corrected chi connectivity index (χ0v) is 10.4. The molecule has 2 rings (SSSR count). The fraction of sp³-hybridized carbons (Fsp3) is 0. The molecular formula is C14H12N2O4. The van der Waals surface area contributed by atoms with Gasteiger partial charge in [-0.1, -0.05) is 24.3 Å².